The molecule has 1 radical (unpaired) electrons. The second-order valence-corrected chi connectivity index (χ2v) is 4.23. The zero-order valence-corrected chi connectivity index (χ0v) is 10.5. The van der Waals surface area contributed by atoms with Gasteiger partial charge >= 0.3 is 12.0 Å². The summed E-state index contributed by atoms with van der Waals surface area (Å²) >= 11 is 0. The SMILES string of the molecule is O=C(O)c1ccc2cc(Nc3n[c]nc(F)n3)ccc2c1. The molecule has 7 heteroatoms. The maximum Gasteiger partial charge on any atom is 0.335 e. The number of nitrogens with zero attached hydrogens (tertiary/aromatic N) is 3. The molecule has 1 heterocycles. The second kappa shape index (κ2) is 5.12. The van der Waals surface area contributed by atoms with Crippen molar-refractivity contribution in [3.05, 3.63) is 54.4 Å². The van der Waals surface area contributed by atoms with E-state index in [9.17, 15) is 9.18 Å². The van der Waals surface area contributed by atoms with Crippen LogP contribution in [-0.2, 0) is 0 Å². The number of halogens is 1. The van der Waals surface area contributed by atoms with Crippen molar-refractivity contribution >= 4 is 28.4 Å². The van der Waals surface area contributed by atoms with Gasteiger partial charge in [-0.1, -0.05) is 12.1 Å². The summed E-state index contributed by atoms with van der Waals surface area (Å²) in [5, 5.41) is 13.4. The molecule has 1 aromatic heterocycles. The molecule has 0 fully saturated rings. The summed E-state index contributed by atoms with van der Waals surface area (Å²) in [5.74, 6) is -0.931. The van der Waals surface area contributed by atoms with Crippen LogP contribution >= 0.6 is 0 Å². The van der Waals surface area contributed by atoms with E-state index in [0.29, 0.717) is 5.69 Å². The summed E-state index contributed by atoms with van der Waals surface area (Å²) < 4.78 is 12.9. The molecule has 0 bridgehead atoms. The van der Waals surface area contributed by atoms with Crippen LogP contribution in [0.15, 0.2) is 36.4 Å². The molecule has 0 spiro atoms. The number of hydrogen-bond acceptors (Lipinski definition) is 5. The highest BCUT2D eigenvalue weighted by molar-refractivity contribution is 5.95. The summed E-state index contributed by atoms with van der Waals surface area (Å²) in [6.07, 6.45) is 1.22. The molecule has 0 aliphatic rings. The number of aromatic carboxylic acids is 1. The molecule has 0 amide bonds. The highest BCUT2D eigenvalue weighted by Crippen LogP contribution is 2.22. The number of anilines is 2. The molecule has 0 unspecified atom stereocenters. The van der Waals surface area contributed by atoms with Gasteiger partial charge in [-0.25, -0.2) is 4.79 Å². The van der Waals surface area contributed by atoms with Gasteiger partial charge in [0, 0.05) is 5.69 Å². The van der Waals surface area contributed by atoms with E-state index < -0.39 is 12.0 Å². The summed E-state index contributed by atoms with van der Waals surface area (Å²) in [5.41, 5.74) is 0.863. The Bertz CT molecular complexity index is 838. The number of carboxylic acid groups (broad SMARTS) is 1. The van der Waals surface area contributed by atoms with Gasteiger partial charge in [0.25, 0.3) is 0 Å². The Kier molecular flexibility index (Phi) is 3.15. The second-order valence-electron chi connectivity index (χ2n) is 4.23. The first-order valence-corrected chi connectivity index (χ1v) is 5.93. The van der Waals surface area contributed by atoms with E-state index in [2.05, 4.69) is 26.6 Å². The number of nitrogens with one attached hydrogen (secondary N) is 1. The molecular weight excluding hydrogens is 275 g/mol. The van der Waals surface area contributed by atoms with Crippen LogP contribution in [0.1, 0.15) is 10.4 Å². The summed E-state index contributed by atoms with van der Waals surface area (Å²) in [7, 11) is 0. The maximum absolute atomic E-state index is 12.9. The van der Waals surface area contributed by atoms with Crippen LogP contribution in [0.2, 0.25) is 0 Å². The van der Waals surface area contributed by atoms with Crippen LogP contribution in [0.3, 0.4) is 0 Å². The highest BCUT2D eigenvalue weighted by Gasteiger charge is 2.05. The van der Waals surface area contributed by atoms with E-state index in [0.717, 1.165) is 10.8 Å². The van der Waals surface area contributed by atoms with Gasteiger partial charge in [-0.2, -0.15) is 19.3 Å². The van der Waals surface area contributed by atoms with Crippen molar-refractivity contribution in [3.8, 4) is 0 Å². The molecule has 0 aliphatic carbocycles. The van der Waals surface area contributed by atoms with Crippen LogP contribution in [0, 0.1) is 12.4 Å². The van der Waals surface area contributed by atoms with Crippen molar-refractivity contribution in [3.63, 3.8) is 0 Å². The summed E-state index contributed by atoms with van der Waals surface area (Å²) in [6.45, 7) is 0. The average Bonchev–Trinajstić information content (AvgIpc) is 2.46. The van der Waals surface area contributed by atoms with Crippen LogP contribution in [0.25, 0.3) is 10.8 Å². The Labute approximate surface area is 118 Å². The van der Waals surface area contributed by atoms with Gasteiger partial charge in [0.2, 0.25) is 12.3 Å². The zero-order chi connectivity index (χ0) is 14.8. The van der Waals surface area contributed by atoms with E-state index in [4.69, 9.17) is 5.11 Å². The monoisotopic (exact) mass is 283 g/mol. The number of carbonyl (C=O) groups is 1. The Morgan fingerprint density at radius 1 is 1.14 bits per heavy atom. The summed E-state index contributed by atoms with van der Waals surface area (Å²) in [4.78, 5) is 21.2. The quantitative estimate of drug-likeness (QED) is 0.767. The molecule has 6 nitrogen and oxygen atoms in total. The van der Waals surface area contributed by atoms with Gasteiger partial charge in [-0.15, -0.1) is 0 Å². The van der Waals surface area contributed by atoms with Gasteiger partial charge < -0.3 is 10.4 Å². The predicted molar refractivity (Wildman–Crippen MR) is 72.8 cm³/mol. The summed E-state index contributed by atoms with van der Waals surface area (Å²) in [6, 6.07) is 10.1. The first-order chi connectivity index (χ1) is 10.1. The molecular formula is C14H8FN4O2. The van der Waals surface area contributed by atoms with Crippen LogP contribution in [-0.4, -0.2) is 26.0 Å². The third kappa shape index (κ3) is 2.76. The molecule has 103 valence electrons. The fourth-order valence-corrected chi connectivity index (χ4v) is 1.89. The topological polar surface area (TPSA) is 88.0 Å². The normalized spacial score (nSPS) is 10.5. The highest BCUT2D eigenvalue weighted by atomic mass is 19.1. The standard InChI is InChI=1S/C14H8FN4O2/c15-13-16-7-17-14(19-13)18-11-4-3-8-5-10(12(20)21)2-1-9(8)6-11/h1-6H,(H,20,21)(H,16,17,18,19). The van der Waals surface area contributed by atoms with Crippen molar-refractivity contribution in [2.45, 2.75) is 0 Å². The first-order valence-electron chi connectivity index (χ1n) is 5.93. The van der Waals surface area contributed by atoms with Crippen molar-refractivity contribution in [2.75, 3.05) is 5.32 Å². The lowest BCUT2D eigenvalue weighted by molar-refractivity contribution is 0.0697. The number of hydrogen-bond donors (Lipinski definition) is 2. The Hall–Kier alpha value is -3.09. The molecule has 0 saturated heterocycles. The molecule has 3 rings (SSSR count). The third-order valence-corrected chi connectivity index (χ3v) is 2.84. The van der Waals surface area contributed by atoms with Crippen LogP contribution < -0.4 is 5.32 Å². The van der Waals surface area contributed by atoms with Crippen molar-refractivity contribution < 1.29 is 14.3 Å². The number of fused-ring (bicyclic) bond motifs is 1. The number of rotatable bonds is 3. The number of aromatic nitrogens is 3. The third-order valence-electron chi connectivity index (χ3n) is 2.84. The van der Waals surface area contributed by atoms with Crippen molar-refractivity contribution in [1.29, 1.82) is 0 Å². The van der Waals surface area contributed by atoms with Gasteiger partial charge in [0.15, 0.2) is 0 Å². The van der Waals surface area contributed by atoms with Crippen LogP contribution in [0.5, 0.6) is 0 Å². The maximum atomic E-state index is 12.9. The fourth-order valence-electron chi connectivity index (χ4n) is 1.89. The Morgan fingerprint density at radius 3 is 2.67 bits per heavy atom. The van der Waals surface area contributed by atoms with E-state index in [1.165, 1.54) is 6.07 Å². The molecule has 2 aromatic carbocycles. The van der Waals surface area contributed by atoms with Gasteiger partial charge in [-0.3, -0.25) is 0 Å². The fraction of sp³-hybridized carbons (Fsp3) is 0. The molecule has 2 N–H and O–H groups in total. The van der Waals surface area contributed by atoms with E-state index in [1.807, 2.05) is 0 Å². The molecule has 3 aromatic rings. The molecule has 0 aliphatic heterocycles. The van der Waals surface area contributed by atoms with Crippen molar-refractivity contribution in [2.24, 2.45) is 0 Å². The minimum Gasteiger partial charge on any atom is -0.478 e. The largest absolute Gasteiger partial charge is 0.478 e. The smallest absolute Gasteiger partial charge is 0.335 e. The number of carboxylic acids is 1. The van der Waals surface area contributed by atoms with E-state index in [-0.39, 0.29) is 11.5 Å². The molecule has 0 atom stereocenters. The van der Waals surface area contributed by atoms with Gasteiger partial charge in [0.1, 0.15) is 0 Å². The Morgan fingerprint density at radius 2 is 1.90 bits per heavy atom. The minimum atomic E-state index is -0.977. The first kappa shape index (κ1) is 12.9. The zero-order valence-electron chi connectivity index (χ0n) is 10.5. The lowest BCUT2D eigenvalue weighted by Crippen LogP contribution is -2.00. The Balaban J connectivity index is 1.94. The minimum absolute atomic E-state index is 0.0454. The van der Waals surface area contributed by atoms with Gasteiger partial charge in [0.05, 0.1) is 5.56 Å². The number of benzene rings is 2. The van der Waals surface area contributed by atoms with E-state index in [1.54, 1.807) is 30.3 Å². The van der Waals surface area contributed by atoms with E-state index >= 15 is 0 Å². The van der Waals surface area contributed by atoms with Crippen LogP contribution in [0.4, 0.5) is 16.0 Å². The van der Waals surface area contributed by atoms with Gasteiger partial charge in [-0.05, 0) is 35.0 Å². The average molecular weight is 283 g/mol. The lowest BCUT2D eigenvalue weighted by atomic mass is 10.1. The lowest BCUT2D eigenvalue weighted by Gasteiger charge is -2.06. The molecule has 0 saturated carbocycles. The predicted octanol–water partition coefficient (Wildman–Crippen LogP) is 2.41. The molecule has 21 heavy (non-hydrogen) atoms. The van der Waals surface area contributed by atoms with Crippen molar-refractivity contribution in [1.82, 2.24) is 15.0 Å².